The van der Waals surface area contributed by atoms with Crippen molar-refractivity contribution in [3.05, 3.63) is 33.4 Å². The third-order valence-corrected chi connectivity index (χ3v) is 3.16. The summed E-state index contributed by atoms with van der Waals surface area (Å²) in [5.74, 6) is 0.0287. The van der Waals surface area contributed by atoms with Crippen molar-refractivity contribution in [2.45, 2.75) is 32.7 Å². The molecular weight excluding hydrogens is 301 g/mol. The largest absolute Gasteiger partial charge is 0.350 e. The number of amides is 1. The molecule has 0 unspecified atom stereocenters. The Kier molecular flexibility index (Phi) is 5.08. The maximum atomic E-state index is 11.8. The Labute approximate surface area is 105 Å². The zero-order valence-electron chi connectivity index (χ0n) is 9.09. The highest BCUT2D eigenvalue weighted by atomic mass is 127. The predicted octanol–water partition coefficient (Wildman–Crippen LogP) is 3.21. The number of halogens is 1. The van der Waals surface area contributed by atoms with Gasteiger partial charge in [0.25, 0.3) is 5.91 Å². The molecule has 0 aliphatic carbocycles. The lowest BCUT2D eigenvalue weighted by Gasteiger charge is -2.13. The number of carbonyl (C=O) groups is 1. The summed E-state index contributed by atoms with van der Waals surface area (Å²) in [5.41, 5.74) is 0.765. The van der Waals surface area contributed by atoms with E-state index in [-0.39, 0.29) is 11.9 Å². The second-order valence-corrected chi connectivity index (χ2v) is 4.81. The van der Waals surface area contributed by atoms with Gasteiger partial charge in [0.15, 0.2) is 0 Å². The Morgan fingerprint density at radius 3 is 2.73 bits per heavy atom. The molecule has 1 rings (SSSR count). The van der Waals surface area contributed by atoms with Gasteiger partial charge in [-0.3, -0.25) is 4.79 Å². The van der Waals surface area contributed by atoms with Crippen LogP contribution in [0.5, 0.6) is 0 Å². The van der Waals surface area contributed by atoms with Crippen molar-refractivity contribution in [1.29, 1.82) is 0 Å². The zero-order valence-corrected chi connectivity index (χ0v) is 11.2. The second-order valence-electron chi connectivity index (χ2n) is 3.64. The Morgan fingerprint density at radius 1 is 1.47 bits per heavy atom. The van der Waals surface area contributed by atoms with Crippen LogP contribution in [0.3, 0.4) is 0 Å². The van der Waals surface area contributed by atoms with Crippen molar-refractivity contribution in [3.63, 3.8) is 0 Å². The van der Waals surface area contributed by atoms with Crippen molar-refractivity contribution in [1.82, 2.24) is 5.32 Å². The van der Waals surface area contributed by atoms with Crippen molar-refractivity contribution in [2.75, 3.05) is 0 Å². The Hall–Kier alpha value is -0.580. The molecule has 1 aromatic rings. The van der Waals surface area contributed by atoms with Crippen LogP contribution in [0.25, 0.3) is 0 Å². The second kappa shape index (κ2) is 6.10. The minimum absolute atomic E-state index is 0.0287. The number of hydrogen-bond donors (Lipinski definition) is 1. The van der Waals surface area contributed by atoms with Gasteiger partial charge in [0.1, 0.15) is 0 Å². The van der Waals surface area contributed by atoms with Gasteiger partial charge >= 0.3 is 0 Å². The van der Waals surface area contributed by atoms with Gasteiger partial charge in [-0.2, -0.15) is 0 Å². The highest BCUT2D eigenvalue weighted by Crippen LogP contribution is 2.11. The standard InChI is InChI=1S/C12H16INO/c1-3-6-9(2)14-12(15)10-7-4-5-8-11(10)13/h4-5,7-9H,3,6H2,1-2H3,(H,14,15)/t9-/m1/s1. The summed E-state index contributed by atoms with van der Waals surface area (Å²) in [7, 11) is 0. The van der Waals surface area contributed by atoms with E-state index in [1.165, 1.54) is 0 Å². The summed E-state index contributed by atoms with van der Waals surface area (Å²) >= 11 is 2.18. The molecule has 0 radical (unpaired) electrons. The van der Waals surface area contributed by atoms with Crippen LogP contribution < -0.4 is 5.32 Å². The van der Waals surface area contributed by atoms with Gasteiger partial charge in [0, 0.05) is 9.61 Å². The lowest BCUT2D eigenvalue weighted by molar-refractivity contribution is 0.0937. The van der Waals surface area contributed by atoms with E-state index in [9.17, 15) is 4.79 Å². The molecule has 1 N–H and O–H groups in total. The van der Waals surface area contributed by atoms with E-state index in [0.29, 0.717) is 0 Å². The highest BCUT2D eigenvalue weighted by molar-refractivity contribution is 14.1. The molecule has 1 atom stereocenters. The molecule has 0 aliphatic rings. The van der Waals surface area contributed by atoms with Gasteiger partial charge in [-0.05, 0) is 48.1 Å². The third kappa shape index (κ3) is 3.81. The zero-order chi connectivity index (χ0) is 11.3. The topological polar surface area (TPSA) is 29.1 Å². The number of benzene rings is 1. The Bertz CT molecular complexity index is 338. The quantitative estimate of drug-likeness (QED) is 0.849. The first-order valence-electron chi connectivity index (χ1n) is 5.20. The lowest BCUT2D eigenvalue weighted by atomic mass is 10.1. The fraction of sp³-hybridized carbons (Fsp3) is 0.417. The van der Waals surface area contributed by atoms with E-state index in [2.05, 4.69) is 34.8 Å². The molecule has 1 amide bonds. The van der Waals surface area contributed by atoms with Gasteiger partial charge in [-0.1, -0.05) is 25.5 Å². The van der Waals surface area contributed by atoms with Crippen LogP contribution in [0.1, 0.15) is 37.0 Å². The van der Waals surface area contributed by atoms with E-state index < -0.39 is 0 Å². The summed E-state index contributed by atoms with van der Waals surface area (Å²) in [4.78, 5) is 11.8. The molecule has 2 nitrogen and oxygen atoms in total. The van der Waals surface area contributed by atoms with Crippen molar-refractivity contribution >= 4 is 28.5 Å². The van der Waals surface area contributed by atoms with E-state index in [1.807, 2.05) is 31.2 Å². The van der Waals surface area contributed by atoms with Crippen LogP contribution in [-0.4, -0.2) is 11.9 Å². The number of carbonyl (C=O) groups excluding carboxylic acids is 1. The molecule has 0 bridgehead atoms. The summed E-state index contributed by atoms with van der Waals surface area (Å²) in [6.07, 6.45) is 2.11. The normalized spacial score (nSPS) is 12.2. The number of rotatable bonds is 4. The Morgan fingerprint density at radius 2 is 2.13 bits per heavy atom. The molecule has 0 aliphatic heterocycles. The summed E-state index contributed by atoms with van der Waals surface area (Å²) in [6, 6.07) is 7.88. The van der Waals surface area contributed by atoms with E-state index >= 15 is 0 Å². The average molecular weight is 317 g/mol. The first-order chi connectivity index (χ1) is 7.15. The van der Waals surface area contributed by atoms with Gasteiger partial charge in [-0.25, -0.2) is 0 Å². The molecule has 0 saturated carbocycles. The van der Waals surface area contributed by atoms with Crippen LogP contribution >= 0.6 is 22.6 Å². The molecule has 82 valence electrons. The summed E-state index contributed by atoms with van der Waals surface area (Å²) < 4.78 is 0.997. The van der Waals surface area contributed by atoms with Gasteiger partial charge in [0.2, 0.25) is 0 Å². The van der Waals surface area contributed by atoms with Crippen molar-refractivity contribution in [3.8, 4) is 0 Å². The van der Waals surface area contributed by atoms with Crippen LogP contribution in [0.4, 0.5) is 0 Å². The van der Waals surface area contributed by atoms with Crippen molar-refractivity contribution in [2.24, 2.45) is 0 Å². The maximum Gasteiger partial charge on any atom is 0.252 e. The molecule has 0 heterocycles. The first kappa shape index (κ1) is 12.5. The van der Waals surface area contributed by atoms with Crippen LogP contribution in [-0.2, 0) is 0 Å². The van der Waals surface area contributed by atoms with Crippen LogP contribution in [0.2, 0.25) is 0 Å². The molecule has 0 saturated heterocycles. The lowest BCUT2D eigenvalue weighted by Crippen LogP contribution is -2.32. The molecular formula is C12H16INO. The molecule has 1 aromatic carbocycles. The minimum atomic E-state index is 0.0287. The van der Waals surface area contributed by atoms with E-state index in [4.69, 9.17) is 0 Å². The van der Waals surface area contributed by atoms with E-state index in [0.717, 1.165) is 22.0 Å². The fourth-order valence-corrected chi connectivity index (χ4v) is 2.08. The molecule has 0 aromatic heterocycles. The molecule has 0 spiro atoms. The SMILES string of the molecule is CCC[C@@H](C)NC(=O)c1ccccc1I. The minimum Gasteiger partial charge on any atom is -0.350 e. The summed E-state index contributed by atoms with van der Waals surface area (Å²) in [6.45, 7) is 4.16. The highest BCUT2D eigenvalue weighted by Gasteiger charge is 2.11. The number of nitrogens with one attached hydrogen (secondary N) is 1. The van der Waals surface area contributed by atoms with Gasteiger partial charge in [0.05, 0.1) is 5.56 Å². The average Bonchev–Trinajstić information content (AvgIpc) is 2.18. The number of hydrogen-bond acceptors (Lipinski definition) is 1. The Balaban J connectivity index is 2.65. The molecule has 0 fully saturated rings. The van der Waals surface area contributed by atoms with Gasteiger partial charge in [-0.15, -0.1) is 0 Å². The van der Waals surface area contributed by atoms with E-state index in [1.54, 1.807) is 0 Å². The third-order valence-electron chi connectivity index (χ3n) is 2.22. The van der Waals surface area contributed by atoms with Crippen LogP contribution in [0, 0.1) is 3.57 Å². The van der Waals surface area contributed by atoms with Gasteiger partial charge < -0.3 is 5.32 Å². The first-order valence-corrected chi connectivity index (χ1v) is 6.28. The van der Waals surface area contributed by atoms with Crippen molar-refractivity contribution < 1.29 is 4.79 Å². The molecule has 15 heavy (non-hydrogen) atoms. The van der Waals surface area contributed by atoms with Crippen LogP contribution in [0.15, 0.2) is 24.3 Å². The fourth-order valence-electron chi connectivity index (χ4n) is 1.45. The summed E-state index contributed by atoms with van der Waals surface area (Å²) in [5, 5.41) is 2.99. The monoisotopic (exact) mass is 317 g/mol. The molecule has 3 heteroatoms. The maximum absolute atomic E-state index is 11.8. The predicted molar refractivity (Wildman–Crippen MR) is 71.0 cm³/mol. The smallest absolute Gasteiger partial charge is 0.252 e.